The molecule has 0 saturated carbocycles. The standard InChI is InChI=1S/C12H7BrF2O3S/c13-8-3-7(14)4-9(15)10(8)18-5-6-1-2-19-11(6)12(16)17/h1-4H,5H2,(H,16,17). The largest absolute Gasteiger partial charge is 0.485 e. The van der Waals surface area contributed by atoms with Gasteiger partial charge in [-0.05, 0) is 33.4 Å². The van der Waals surface area contributed by atoms with Crippen LogP contribution in [-0.2, 0) is 6.61 Å². The van der Waals surface area contributed by atoms with Gasteiger partial charge >= 0.3 is 5.97 Å². The minimum absolute atomic E-state index is 0.105. The maximum Gasteiger partial charge on any atom is 0.346 e. The van der Waals surface area contributed by atoms with Crippen molar-refractivity contribution in [3.8, 4) is 5.75 Å². The second-order valence-electron chi connectivity index (χ2n) is 3.57. The van der Waals surface area contributed by atoms with Gasteiger partial charge in [0, 0.05) is 11.6 Å². The SMILES string of the molecule is O=C(O)c1sccc1COc1c(F)cc(F)cc1Br. The maximum absolute atomic E-state index is 13.5. The first-order valence-electron chi connectivity index (χ1n) is 5.06. The zero-order valence-corrected chi connectivity index (χ0v) is 11.7. The molecule has 0 aliphatic carbocycles. The number of thiophene rings is 1. The molecule has 19 heavy (non-hydrogen) atoms. The highest BCUT2D eigenvalue weighted by Crippen LogP contribution is 2.30. The van der Waals surface area contributed by atoms with Gasteiger partial charge in [-0.2, -0.15) is 0 Å². The van der Waals surface area contributed by atoms with E-state index in [9.17, 15) is 13.6 Å². The number of carboxylic acids is 1. The molecule has 1 heterocycles. The second-order valence-corrected chi connectivity index (χ2v) is 5.34. The van der Waals surface area contributed by atoms with Crippen LogP contribution < -0.4 is 4.74 Å². The third kappa shape index (κ3) is 3.10. The molecule has 1 N–H and O–H groups in total. The molecule has 3 nitrogen and oxygen atoms in total. The molecule has 0 fully saturated rings. The zero-order chi connectivity index (χ0) is 14.0. The van der Waals surface area contributed by atoms with Crippen molar-refractivity contribution >= 4 is 33.2 Å². The number of halogens is 3. The van der Waals surface area contributed by atoms with Crippen molar-refractivity contribution in [3.63, 3.8) is 0 Å². The van der Waals surface area contributed by atoms with Crippen molar-refractivity contribution in [2.45, 2.75) is 6.61 Å². The number of hydrogen-bond donors (Lipinski definition) is 1. The van der Waals surface area contributed by atoms with Crippen LogP contribution in [-0.4, -0.2) is 11.1 Å². The van der Waals surface area contributed by atoms with Gasteiger partial charge in [0.1, 0.15) is 17.3 Å². The highest BCUT2D eigenvalue weighted by Gasteiger charge is 2.15. The van der Waals surface area contributed by atoms with Gasteiger partial charge in [-0.25, -0.2) is 13.6 Å². The Labute approximate surface area is 119 Å². The normalized spacial score (nSPS) is 10.5. The molecule has 1 aromatic heterocycles. The zero-order valence-electron chi connectivity index (χ0n) is 9.32. The van der Waals surface area contributed by atoms with Gasteiger partial charge in [-0.3, -0.25) is 0 Å². The Morgan fingerprint density at radius 3 is 2.79 bits per heavy atom. The maximum atomic E-state index is 13.5. The summed E-state index contributed by atoms with van der Waals surface area (Å²) in [5.74, 6) is -2.78. The first kappa shape index (κ1) is 14.0. The van der Waals surface area contributed by atoms with Crippen molar-refractivity contribution in [3.05, 3.63) is 50.1 Å². The molecular weight excluding hydrogens is 342 g/mol. The molecule has 0 atom stereocenters. The van der Waals surface area contributed by atoms with E-state index in [2.05, 4.69) is 15.9 Å². The van der Waals surface area contributed by atoms with Gasteiger partial charge in [0.15, 0.2) is 11.6 Å². The molecular formula is C12H7BrF2O3S. The van der Waals surface area contributed by atoms with Crippen LogP contribution in [0.15, 0.2) is 28.1 Å². The van der Waals surface area contributed by atoms with Crippen molar-refractivity contribution < 1.29 is 23.4 Å². The van der Waals surface area contributed by atoms with Crippen LogP contribution in [0.1, 0.15) is 15.2 Å². The predicted molar refractivity (Wildman–Crippen MR) is 69.7 cm³/mol. The number of aromatic carboxylic acids is 1. The molecule has 0 aliphatic heterocycles. The number of carbonyl (C=O) groups is 1. The Balaban J connectivity index is 2.19. The summed E-state index contributed by atoms with van der Waals surface area (Å²) in [4.78, 5) is 11.0. The van der Waals surface area contributed by atoms with Gasteiger partial charge in [0.2, 0.25) is 0 Å². The summed E-state index contributed by atoms with van der Waals surface area (Å²) < 4.78 is 31.7. The average Bonchev–Trinajstić information content (AvgIpc) is 2.75. The van der Waals surface area contributed by atoms with Gasteiger partial charge in [-0.1, -0.05) is 0 Å². The lowest BCUT2D eigenvalue weighted by Crippen LogP contribution is -2.03. The summed E-state index contributed by atoms with van der Waals surface area (Å²) >= 11 is 4.05. The molecule has 2 rings (SSSR count). The van der Waals surface area contributed by atoms with Gasteiger partial charge in [0.05, 0.1) is 4.47 Å². The van der Waals surface area contributed by atoms with Crippen LogP contribution in [0.25, 0.3) is 0 Å². The molecule has 100 valence electrons. The van der Waals surface area contributed by atoms with Gasteiger partial charge < -0.3 is 9.84 Å². The van der Waals surface area contributed by atoms with Crippen molar-refractivity contribution in [1.29, 1.82) is 0 Å². The minimum Gasteiger partial charge on any atom is -0.485 e. The van der Waals surface area contributed by atoms with Crippen molar-refractivity contribution in [2.24, 2.45) is 0 Å². The van der Waals surface area contributed by atoms with E-state index in [0.29, 0.717) is 11.6 Å². The lowest BCUT2D eigenvalue weighted by molar-refractivity contribution is 0.0699. The van der Waals surface area contributed by atoms with E-state index < -0.39 is 17.6 Å². The van der Waals surface area contributed by atoms with E-state index in [1.165, 1.54) is 0 Å². The molecule has 0 radical (unpaired) electrons. The lowest BCUT2D eigenvalue weighted by atomic mass is 10.2. The Bertz CT molecular complexity index is 604. The van der Waals surface area contributed by atoms with Crippen LogP contribution in [0.2, 0.25) is 0 Å². The average molecular weight is 349 g/mol. The van der Waals surface area contributed by atoms with E-state index in [1.54, 1.807) is 11.4 Å². The summed E-state index contributed by atoms with van der Waals surface area (Å²) in [5, 5.41) is 10.5. The molecule has 0 bridgehead atoms. The lowest BCUT2D eigenvalue weighted by Gasteiger charge is -2.09. The molecule has 0 spiro atoms. The summed E-state index contributed by atoms with van der Waals surface area (Å²) in [6, 6.07) is 3.36. The summed E-state index contributed by atoms with van der Waals surface area (Å²) in [5.41, 5.74) is 0.438. The van der Waals surface area contributed by atoms with Crippen LogP contribution >= 0.6 is 27.3 Å². The predicted octanol–water partition coefficient (Wildman–Crippen LogP) is 4.07. The second kappa shape index (κ2) is 5.66. The van der Waals surface area contributed by atoms with E-state index in [1.807, 2.05) is 0 Å². The highest BCUT2D eigenvalue weighted by molar-refractivity contribution is 9.10. The molecule has 2 aromatic rings. The Morgan fingerprint density at radius 2 is 2.16 bits per heavy atom. The number of ether oxygens (including phenoxy) is 1. The third-order valence-electron chi connectivity index (χ3n) is 2.28. The van der Waals surface area contributed by atoms with Crippen molar-refractivity contribution in [2.75, 3.05) is 0 Å². The number of benzene rings is 1. The quantitative estimate of drug-likeness (QED) is 0.905. The molecule has 0 aliphatic rings. The monoisotopic (exact) mass is 348 g/mol. The fourth-order valence-electron chi connectivity index (χ4n) is 1.45. The Kier molecular flexibility index (Phi) is 4.16. The molecule has 7 heteroatoms. The van der Waals surface area contributed by atoms with E-state index in [0.717, 1.165) is 17.4 Å². The topological polar surface area (TPSA) is 46.5 Å². The van der Waals surface area contributed by atoms with Gasteiger partial charge in [-0.15, -0.1) is 11.3 Å². The fraction of sp³-hybridized carbons (Fsp3) is 0.0833. The van der Waals surface area contributed by atoms with Crippen molar-refractivity contribution in [1.82, 2.24) is 0 Å². The van der Waals surface area contributed by atoms with Crippen LogP contribution in [0.5, 0.6) is 5.75 Å². The van der Waals surface area contributed by atoms with Crippen LogP contribution in [0.4, 0.5) is 8.78 Å². The highest BCUT2D eigenvalue weighted by atomic mass is 79.9. The minimum atomic E-state index is -1.06. The molecule has 0 saturated heterocycles. The van der Waals surface area contributed by atoms with E-state index in [4.69, 9.17) is 9.84 Å². The van der Waals surface area contributed by atoms with Crippen LogP contribution in [0.3, 0.4) is 0 Å². The third-order valence-corrected chi connectivity index (χ3v) is 3.81. The molecule has 0 amide bonds. The number of rotatable bonds is 4. The number of hydrogen-bond acceptors (Lipinski definition) is 3. The Morgan fingerprint density at radius 1 is 1.42 bits per heavy atom. The van der Waals surface area contributed by atoms with Crippen LogP contribution in [0, 0.1) is 11.6 Å². The fourth-order valence-corrected chi connectivity index (χ4v) is 2.72. The van der Waals surface area contributed by atoms with Gasteiger partial charge in [0.25, 0.3) is 0 Å². The Hall–Kier alpha value is -1.47. The van der Waals surface area contributed by atoms with E-state index >= 15 is 0 Å². The number of carboxylic acid groups (broad SMARTS) is 1. The van der Waals surface area contributed by atoms with E-state index in [-0.39, 0.29) is 21.7 Å². The smallest absolute Gasteiger partial charge is 0.346 e. The summed E-state index contributed by atoms with van der Waals surface area (Å²) in [6.45, 7) is -0.105. The first-order chi connectivity index (χ1) is 8.99. The molecule has 0 unspecified atom stereocenters. The summed E-state index contributed by atoms with van der Waals surface area (Å²) in [7, 11) is 0. The first-order valence-corrected chi connectivity index (χ1v) is 6.73. The summed E-state index contributed by atoms with van der Waals surface area (Å²) in [6.07, 6.45) is 0. The molecule has 1 aromatic carbocycles.